The summed E-state index contributed by atoms with van der Waals surface area (Å²) >= 11 is 0. The van der Waals surface area contributed by atoms with Crippen molar-refractivity contribution in [2.75, 3.05) is 20.1 Å². The fourth-order valence-corrected chi connectivity index (χ4v) is 2.31. The second-order valence-electron chi connectivity index (χ2n) is 5.55. The molecule has 1 fully saturated rings. The van der Waals surface area contributed by atoms with Gasteiger partial charge in [0.25, 0.3) is 0 Å². The van der Waals surface area contributed by atoms with Gasteiger partial charge in [-0.15, -0.1) is 0 Å². The molecule has 0 N–H and O–H groups in total. The first kappa shape index (κ1) is 13.1. The minimum absolute atomic E-state index is 0.0131. The Kier molecular flexibility index (Phi) is 4.04. The number of nitriles is 1. The number of aryl methyl sites for hydroxylation is 1. The molecule has 0 bridgehead atoms. The molecule has 1 aliphatic rings. The summed E-state index contributed by atoms with van der Waals surface area (Å²) in [5.41, 5.74) is 2.77. The Bertz CT molecular complexity index is 423. The Morgan fingerprint density at radius 1 is 1.22 bits per heavy atom. The molecule has 2 rings (SSSR count). The quantitative estimate of drug-likeness (QED) is 0.766. The molecule has 1 aliphatic carbocycles. The molecule has 2 heteroatoms. The van der Waals surface area contributed by atoms with Gasteiger partial charge in [0.2, 0.25) is 0 Å². The van der Waals surface area contributed by atoms with Crippen LogP contribution in [0.3, 0.4) is 0 Å². The molecule has 0 saturated heterocycles. The summed E-state index contributed by atoms with van der Waals surface area (Å²) in [7, 11) is 2.12. The molecule has 96 valence electrons. The molecular formula is C16H22N2. The van der Waals surface area contributed by atoms with E-state index in [9.17, 15) is 0 Å². The van der Waals surface area contributed by atoms with E-state index in [1.54, 1.807) is 0 Å². The molecular weight excluding hydrogens is 220 g/mol. The molecule has 0 aliphatic heterocycles. The standard InChI is InChI=1S/C16H22N2/c1-3-14-4-6-15(7-5-14)8-11-18(2)13-16(12-17)9-10-16/h4-7H,3,8-11,13H2,1-2H3. The predicted octanol–water partition coefficient (Wildman–Crippen LogP) is 3.03. The van der Waals surface area contributed by atoms with Gasteiger partial charge in [-0.3, -0.25) is 0 Å². The van der Waals surface area contributed by atoms with Gasteiger partial charge in [-0.25, -0.2) is 0 Å². The van der Waals surface area contributed by atoms with Crippen LogP contribution in [0.4, 0.5) is 0 Å². The van der Waals surface area contributed by atoms with Crippen molar-refractivity contribution in [3.05, 3.63) is 35.4 Å². The van der Waals surface area contributed by atoms with Crippen LogP contribution in [0.2, 0.25) is 0 Å². The normalized spacial score (nSPS) is 16.6. The third kappa shape index (κ3) is 3.34. The van der Waals surface area contributed by atoms with E-state index in [2.05, 4.69) is 49.2 Å². The number of likely N-dealkylation sites (N-methyl/N-ethyl adjacent to an activating group) is 1. The first-order chi connectivity index (χ1) is 8.67. The van der Waals surface area contributed by atoms with Crippen LogP contribution < -0.4 is 0 Å². The summed E-state index contributed by atoms with van der Waals surface area (Å²) in [6, 6.07) is 11.3. The lowest BCUT2D eigenvalue weighted by Gasteiger charge is -2.19. The Labute approximate surface area is 110 Å². The van der Waals surface area contributed by atoms with Crippen molar-refractivity contribution in [3.8, 4) is 6.07 Å². The molecule has 0 spiro atoms. The summed E-state index contributed by atoms with van der Waals surface area (Å²) < 4.78 is 0. The van der Waals surface area contributed by atoms with Crippen molar-refractivity contribution in [2.45, 2.75) is 32.6 Å². The fraction of sp³-hybridized carbons (Fsp3) is 0.562. The van der Waals surface area contributed by atoms with Gasteiger partial charge in [0.15, 0.2) is 0 Å². The van der Waals surface area contributed by atoms with Crippen molar-refractivity contribution in [1.29, 1.82) is 5.26 Å². The highest BCUT2D eigenvalue weighted by Gasteiger charge is 2.43. The average molecular weight is 242 g/mol. The highest BCUT2D eigenvalue weighted by atomic mass is 15.1. The highest BCUT2D eigenvalue weighted by molar-refractivity contribution is 5.22. The molecule has 0 amide bonds. The van der Waals surface area contributed by atoms with Crippen LogP contribution in [-0.2, 0) is 12.8 Å². The zero-order valence-electron chi connectivity index (χ0n) is 11.4. The average Bonchev–Trinajstić information content (AvgIpc) is 3.17. The molecule has 1 saturated carbocycles. The zero-order valence-corrected chi connectivity index (χ0v) is 11.4. The SMILES string of the molecule is CCc1ccc(CCN(C)CC2(C#N)CC2)cc1. The maximum absolute atomic E-state index is 9.07. The Hall–Kier alpha value is -1.33. The van der Waals surface area contributed by atoms with Crippen molar-refractivity contribution < 1.29 is 0 Å². The van der Waals surface area contributed by atoms with Crippen LogP contribution in [0.1, 0.15) is 30.9 Å². The summed E-state index contributed by atoms with van der Waals surface area (Å²) in [5.74, 6) is 0. The van der Waals surface area contributed by atoms with Gasteiger partial charge < -0.3 is 4.90 Å². The summed E-state index contributed by atoms with van der Waals surface area (Å²) in [6.45, 7) is 4.14. The van der Waals surface area contributed by atoms with Crippen molar-refractivity contribution in [2.24, 2.45) is 5.41 Å². The molecule has 0 heterocycles. The van der Waals surface area contributed by atoms with Crippen LogP contribution in [0.5, 0.6) is 0 Å². The monoisotopic (exact) mass is 242 g/mol. The third-order valence-corrected chi connectivity index (χ3v) is 3.88. The van der Waals surface area contributed by atoms with E-state index in [1.165, 1.54) is 11.1 Å². The van der Waals surface area contributed by atoms with Crippen LogP contribution in [-0.4, -0.2) is 25.0 Å². The highest BCUT2D eigenvalue weighted by Crippen LogP contribution is 2.45. The topological polar surface area (TPSA) is 27.0 Å². The van der Waals surface area contributed by atoms with Crippen LogP contribution in [0.25, 0.3) is 0 Å². The largest absolute Gasteiger partial charge is 0.304 e. The second-order valence-corrected chi connectivity index (χ2v) is 5.55. The van der Waals surface area contributed by atoms with Gasteiger partial charge in [-0.2, -0.15) is 5.26 Å². The maximum Gasteiger partial charge on any atom is 0.0703 e. The summed E-state index contributed by atoms with van der Waals surface area (Å²) in [6.07, 6.45) is 4.34. The number of hydrogen-bond acceptors (Lipinski definition) is 2. The lowest BCUT2D eigenvalue weighted by Crippen LogP contribution is -2.28. The maximum atomic E-state index is 9.07. The van der Waals surface area contributed by atoms with Crippen LogP contribution in [0.15, 0.2) is 24.3 Å². The predicted molar refractivity (Wildman–Crippen MR) is 74.3 cm³/mol. The van der Waals surface area contributed by atoms with E-state index in [1.807, 2.05) is 0 Å². The van der Waals surface area contributed by atoms with Gasteiger partial charge >= 0.3 is 0 Å². The van der Waals surface area contributed by atoms with E-state index < -0.39 is 0 Å². The van der Waals surface area contributed by atoms with Gasteiger partial charge in [-0.05, 0) is 43.9 Å². The van der Waals surface area contributed by atoms with Crippen LogP contribution >= 0.6 is 0 Å². The van der Waals surface area contributed by atoms with E-state index in [4.69, 9.17) is 5.26 Å². The van der Waals surface area contributed by atoms with Gasteiger partial charge in [0.1, 0.15) is 0 Å². The van der Waals surface area contributed by atoms with Gasteiger partial charge in [-0.1, -0.05) is 31.2 Å². The minimum Gasteiger partial charge on any atom is -0.304 e. The van der Waals surface area contributed by atoms with Crippen LogP contribution in [0, 0.1) is 16.7 Å². The number of hydrogen-bond donors (Lipinski definition) is 0. The van der Waals surface area contributed by atoms with E-state index in [0.29, 0.717) is 0 Å². The van der Waals surface area contributed by atoms with E-state index in [-0.39, 0.29) is 5.41 Å². The Balaban J connectivity index is 1.78. The Morgan fingerprint density at radius 3 is 2.33 bits per heavy atom. The minimum atomic E-state index is -0.0131. The molecule has 0 atom stereocenters. The van der Waals surface area contributed by atoms with Gasteiger partial charge in [0, 0.05) is 13.1 Å². The number of benzene rings is 1. The fourth-order valence-electron chi connectivity index (χ4n) is 2.31. The molecule has 0 unspecified atom stereocenters. The first-order valence-electron chi connectivity index (χ1n) is 6.85. The van der Waals surface area contributed by atoms with Crippen molar-refractivity contribution in [3.63, 3.8) is 0 Å². The summed E-state index contributed by atoms with van der Waals surface area (Å²) in [4.78, 5) is 2.30. The smallest absolute Gasteiger partial charge is 0.0703 e. The van der Waals surface area contributed by atoms with E-state index >= 15 is 0 Å². The van der Waals surface area contributed by atoms with Crippen molar-refractivity contribution >= 4 is 0 Å². The lowest BCUT2D eigenvalue weighted by atomic mass is 10.1. The molecule has 2 nitrogen and oxygen atoms in total. The Morgan fingerprint density at radius 2 is 1.83 bits per heavy atom. The molecule has 0 aromatic heterocycles. The number of rotatable bonds is 6. The lowest BCUT2D eigenvalue weighted by molar-refractivity contribution is 0.297. The zero-order chi connectivity index (χ0) is 13.0. The van der Waals surface area contributed by atoms with E-state index in [0.717, 1.165) is 38.8 Å². The number of nitrogens with zero attached hydrogens (tertiary/aromatic N) is 2. The first-order valence-corrected chi connectivity index (χ1v) is 6.85. The molecule has 0 radical (unpaired) electrons. The van der Waals surface area contributed by atoms with Crippen molar-refractivity contribution in [1.82, 2.24) is 4.90 Å². The van der Waals surface area contributed by atoms with Gasteiger partial charge in [0.05, 0.1) is 11.5 Å². The molecule has 18 heavy (non-hydrogen) atoms. The third-order valence-electron chi connectivity index (χ3n) is 3.88. The summed E-state index contributed by atoms with van der Waals surface area (Å²) in [5, 5.41) is 9.07. The second kappa shape index (κ2) is 5.54. The molecule has 1 aromatic carbocycles. The molecule has 1 aromatic rings.